The summed E-state index contributed by atoms with van der Waals surface area (Å²) >= 11 is 1.87. The van der Waals surface area contributed by atoms with E-state index in [1.165, 1.54) is 0 Å². The highest BCUT2D eigenvalue weighted by Crippen LogP contribution is 2.23. The van der Waals surface area contributed by atoms with E-state index in [2.05, 4.69) is 25.1 Å². The number of ether oxygens (including phenoxy) is 1. The first-order valence-corrected chi connectivity index (χ1v) is 7.68. The third-order valence-electron chi connectivity index (χ3n) is 2.96. The first kappa shape index (κ1) is 15.2. The number of anilines is 1. The van der Waals surface area contributed by atoms with Crippen molar-refractivity contribution in [3.05, 3.63) is 23.8 Å². The van der Waals surface area contributed by atoms with Gasteiger partial charge in [0, 0.05) is 29.6 Å². The van der Waals surface area contributed by atoms with Gasteiger partial charge in [-0.05, 0) is 45.4 Å². The van der Waals surface area contributed by atoms with Gasteiger partial charge in [-0.25, -0.2) is 0 Å². The van der Waals surface area contributed by atoms with Crippen LogP contribution in [0.1, 0.15) is 19.4 Å². The Morgan fingerprint density at radius 2 is 2.17 bits per heavy atom. The van der Waals surface area contributed by atoms with Gasteiger partial charge in [0.1, 0.15) is 5.75 Å². The molecular weight excluding hydrogens is 244 g/mol. The van der Waals surface area contributed by atoms with Crippen molar-refractivity contribution in [2.45, 2.75) is 26.4 Å². The number of hydrogen-bond donors (Lipinski definition) is 1. The van der Waals surface area contributed by atoms with Gasteiger partial charge in [0.25, 0.3) is 0 Å². The maximum absolute atomic E-state index is 5.86. The van der Waals surface area contributed by atoms with Gasteiger partial charge in [-0.3, -0.25) is 4.90 Å². The van der Waals surface area contributed by atoms with E-state index in [1.54, 1.807) is 0 Å². The summed E-state index contributed by atoms with van der Waals surface area (Å²) in [5.74, 6) is 2.07. The van der Waals surface area contributed by atoms with Crippen LogP contribution in [0.5, 0.6) is 5.75 Å². The molecule has 0 bridgehead atoms. The van der Waals surface area contributed by atoms with E-state index in [0.717, 1.165) is 29.3 Å². The molecule has 4 heteroatoms. The van der Waals surface area contributed by atoms with E-state index in [4.69, 9.17) is 10.5 Å². The summed E-state index contributed by atoms with van der Waals surface area (Å²) < 4.78 is 5.65. The third-order valence-corrected chi connectivity index (χ3v) is 3.78. The second-order valence-electron chi connectivity index (χ2n) is 4.52. The Bertz CT molecular complexity index is 371. The predicted octanol–water partition coefficient (Wildman–Crippen LogP) is 2.85. The molecule has 0 aliphatic heterocycles. The molecule has 0 aliphatic carbocycles. The van der Waals surface area contributed by atoms with Gasteiger partial charge in [-0.2, -0.15) is 11.8 Å². The Morgan fingerprint density at radius 1 is 1.44 bits per heavy atom. The van der Waals surface area contributed by atoms with E-state index in [1.807, 2.05) is 36.9 Å². The van der Waals surface area contributed by atoms with Gasteiger partial charge in [0.15, 0.2) is 0 Å². The molecule has 0 saturated carbocycles. The molecule has 0 saturated heterocycles. The molecule has 1 aromatic rings. The summed E-state index contributed by atoms with van der Waals surface area (Å²) in [6, 6.07) is 6.39. The average molecular weight is 268 g/mol. The fraction of sp³-hybridized carbons (Fsp3) is 0.571. The predicted molar refractivity (Wildman–Crippen MR) is 81.3 cm³/mol. The molecule has 3 nitrogen and oxygen atoms in total. The van der Waals surface area contributed by atoms with E-state index in [9.17, 15) is 0 Å². The summed E-state index contributed by atoms with van der Waals surface area (Å²) in [6.45, 7) is 5.78. The molecule has 0 radical (unpaired) electrons. The van der Waals surface area contributed by atoms with Crippen molar-refractivity contribution in [2.24, 2.45) is 0 Å². The molecule has 102 valence electrons. The minimum Gasteiger partial charge on any atom is -0.494 e. The fourth-order valence-electron chi connectivity index (χ4n) is 1.81. The summed E-state index contributed by atoms with van der Waals surface area (Å²) in [5.41, 5.74) is 7.81. The Morgan fingerprint density at radius 3 is 2.78 bits per heavy atom. The number of nitrogen functional groups attached to an aromatic ring is 1. The van der Waals surface area contributed by atoms with Crippen molar-refractivity contribution in [1.82, 2.24) is 4.90 Å². The van der Waals surface area contributed by atoms with Crippen LogP contribution in [0.25, 0.3) is 0 Å². The molecule has 1 unspecified atom stereocenters. The highest BCUT2D eigenvalue weighted by molar-refractivity contribution is 7.98. The van der Waals surface area contributed by atoms with E-state index in [-0.39, 0.29) is 0 Å². The van der Waals surface area contributed by atoms with Crippen molar-refractivity contribution in [3.63, 3.8) is 0 Å². The summed E-state index contributed by atoms with van der Waals surface area (Å²) in [7, 11) is 2.14. The van der Waals surface area contributed by atoms with Crippen molar-refractivity contribution in [1.29, 1.82) is 0 Å². The summed E-state index contributed by atoms with van der Waals surface area (Å²) in [5, 5.41) is 0. The molecule has 0 amide bonds. The lowest BCUT2D eigenvalue weighted by atomic mass is 10.1. The minimum absolute atomic E-state index is 0.538. The first-order valence-electron chi connectivity index (χ1n) is 6.28. The van der Waals surface area contributed by atoms with Crippen molar-refractivity contribution >= 4 is 17.4 Å². The molecule has 0 heterocycles. The van der Waals surface area contributed by atoms with Crippen LogP contribution in [0.4, 0.5) is 5.69 Å². The van der Waals surface area contributed by atoms with Crippen LogP contribution in [-0.2, 0) is 6.54 Å². The van der Waals surface area contributed by atoms with Gasteiger partial charge in [0.2, 0.25) is 0 Å². The zero-order valence-corrected chi connectivity index (χ0v) is 12.6. The van der Waals surface area contributed by atoms with E-state index >= 15 is 0 Å². The number of thioether (sulfide) groups is 1. The van der Waals surface area contributed by atoms with Crippen molar-refractivity contribution < 1.29 is 4.74 Å². The lowest BCUT2D eigenvalue weighted by molar-refractivity contribution is 0.261. The van der Waals surface area contributed by atoms with Crippen LogP contribution >= 0.6 is 11.8 Å². The van der Waals surface area contributed by atoms with Gasteiger partial charge in [-0.15, -0.1) is 0 Å². The average Bonchev–Trinajstić information content (AvgIpc) is 2.33. The van der Waals surface area contributed by atoms with Crippen LogP contribution in [0, 0.1) is 0 Å². The molecule has 18 heavy (non-hydrogen) atoms. The van der Waals surface area contributed by atoms with Crippen LogP contribution in [0.15, 0.2) is 18.2 Å². The molecular formula is C14H24N2OS. The highest BCUT2D eigenvalue weighted by atomic mass is 32.2. The normalized spacial score (nSPS) is 12.7. The number of rotatable bonds is 7. The second kappa shape index (κ2) is 7.54. The van der Waals surface area contributed by atoms with Crippen LogP contribution in [-0.4, -0.2) is 36.6 Å². The maximum atomic E-state index is 5.86. The summed E-state index contributed by atoms with van der Waals surface area (Å²) in [4.78, 5) is 2.33. The zero-order chi connectivity index (χ0) is 13.5. The highest BCUT2D eigenvalue weighted by Gasteiger charge is 2.12. The molecule has 0 spiro atoms. The fourth-order valence-corrected chi connectivity index (χ4v) is 2.55. The molecule has 0 aliphatic rings. The third kappa shape index (κ3) is 4.42. The number of hydrogen-bond acceptors (Lipinski definition) is 4. The molecule has 2 N–H and O–H groups in total. The Labute approximate surface area is 115 Å². The van der Waals surface area contributed by atoms with Gasteiger partial charge >= 0.3 is 0 Å². The lowest BCUT2D eigenvalue weighted by Crippen LogP contribution is -2.30. The SMILES string of the molecule is CCOc1ccc(N)cc1CN(C)C(C)CSC. The molecule has 0 aromatic heterocycles. The molecule has 1 atom stereocenters. The van der Waals surface area contributed by atoms with Crippen LogP contribution in [0.2, 0.25) is 0 Å². The number of benzene rings is 1. The monoisotopic (exact) mass is 268 g/mol. The van der Waals surface area contributed by atoms with E-state index < -0.39 is 0 Å². The van der Waals surface area contributed by atoms with E-state index in [0.29, 0.717) is 12.6 Å². The Kier molecular flexibility index (Phi) is 6.36. The van der Waals surface area contributed by atoms with Crippen LogP contribution < -0.4 is 10.5 Å². The second-order valence-corrected chi connectivity index (χ2v) is 5.43. The molecule has 1 aromatic carbocycles. The minimum atomic E-state index is 0.538. The van der Waals surface area contributed by atoms with Crippen molar-refractivity contribution in [2.75, 3.05) is 31.4 Å². The zero-order valence-electron chi connectivity index (χ0n) is 11.8. The van der Waals surface area contributed by atoms with Gasteiger partial charge in [0.05, 0.1) is 6.61 Å². The van der Waals surface area contributed by atoms with Gasteiger partial charge in [-0.1, -0.05) is 0 Å². The number of nitrogens with zero attached hydrogens (tertiary/aromatic N) is 1. The van der Waals surface area contributed by atoms with Gasteiger partial charge < -0.3 is 10.5 Å². The lowest BCUT2D eigenvalue weighted by Gasteiger charge is -2.25. The Hall–Kier alpha value is -0.870. The largest absolute Gasteiger partial charge is 0.494 e. The number of nitrogens with two attached hydrogens (primary N) is 1. The smallest absolute Gasteiger partial charge is 0.123 e. The molecule has 1 rings (SSSR count). The maximum Gasteiger partial charge on any atom is 0.123 e. The first-order chi connectivity index (χ1) is 8.58. The summed E-state index contributed by atoms with van der Waals surface area (Å²) in [6.07, 6.45) is 2.14. The quantitative estimate of drug-likeness (QED) is 0.772. The topological polar surface area (TPSA) is 38.5 Å². The standard InChI is InChI=1S/C14H24N2OS/c1-5-17-14-7-6-13(15)8-12(14)9-16(3)11(2)10-18-4/h6-8,11H,5,9-10,15H2,1-4H3. The van der Waals surface area contributed by atoms with Crippen LogP contribution in [0.3, 0.4) is 0 Å². The molecule has 0 fully saturated rings. The Balaban J connectivity index is 2.78. The van der Waals surface area contributed by atoms with Crippen molar-refractivity contribution in [3.8, 4) is 5.75 Å².